The van der Waals surface area contributed by atoms with Crippen LogP contribution < -0.4 is 5.73 Å². The maximum atomic E-state index is 15.6. The Morgan fingerprint density at radius 2 is 1.74 bits per heavy atom. The van der Waals surface area contributed by atoms with Crippen LogP contribution in [-0.4, -0.2) is 31.2 Å². The molecule has 0 spiro atoms. The largest absolute Gasteiger partial charge is 0.399 e. The molecule has 1 unspecified atom stereocenters. The maximum Gasteiger partial charge on any atom is 0.166 e. The predicted octanol–water partition coefficient (Wildman–Crippen LogP) is 8.02. The molecule has 206 valence electrons. The molecule has 0 radical (unpaired) electrons. The number of rotatable bonds is 9. The Hall–Kier alpha value is -3.05. The Kier molecular flexibility index (Phi) is 8.76. The molecule has 2 N–H and O–H groups in total. The summed E-state index contributed by atoms with van der Waals surface area (Å²) in [6.45, 7) is 4.61. The molecule has 2 nitrogen and oxygen atoms in total. The molecule has 0 amide bonds. The van der Waals surface area contributed by atoms with Gasteiger partial charge in [0.05, 0.1) is 6.67 Å². The molecule has 1 fully saturated rings. The van der Waals surface area contributed by atoms with Gasteiger partial charge in [0.15, 0.2) is 11.6 Å². The fourth-order valence-corrected chi connectivity index (χ4v) is 6.40. The van der Waals surface area contributed by atoms with E-state index in [4.69, 9.17) is 5.73 Å². The first-order valence-electron chi connectivity index (χ1n) is 14.4. The van der Waals surface area contributed by atoms with Crippen molar-refractivity contribution in [3.8, 4) is 0 Å². The highest BCUT2D eigenvalue weighted by molar-refractivity contribution is 6.00. The number of likely N-dealkylation sites (tertiary alicyclic amines) is 1. The number of anilines is 1. The molecule has 0 aromatic heterocycles. The zero-order valence-electron chi connectivity index (χ0n) is 22.9. The molecule has 1 aliphatic heterocycles. The van der Waals surface area contributed by atoms with Crippen molar-refractivity contribution < 1.29 is 13.2 Å². The summed E-state index contributed by atoms with van der Waals surface area (Å²) in [4.78, 5) is 2.36. The molecule has 3 aromatic carbocycles. The molecular weight excluding hydrogens is 493 g/mol. The lowest BCUT2D eigenvalue weighted by Crippen LogP contribution is -2.22. The number of aryl methyl sites for hydroxylation is 2. The number of nitrogen functional groups attached to an aromatic ring is 1. The minimum atomic E-state index is -0.748. The zero-order valence-corrected chi connectivity index (χ0v) is 22.9. The lowest BCUT2D eigenvalue weighted by Gasteiger charge is -2.19. The molecule has 1 saturated heterocycles. The second kappa shape index (κ2) is 12.4. The molecule has 39 heavy (non-hydrogen) atoms. The highest BCUT2D eigenvalue weighted by Crippen LogP contribution is 2.41. The molecule has 5 heteroatoms. The Morgan fingerprint density at radius 3 is 2.51 bits per heavy atom. The van der Waals surface area contributed by atoms with Crippen LogP contribution in [-0.2, 0) is 19.3 Å². The fourth-order valence-electron chi connectivity index (χ4n) is 6.40. The number of hydrogen-bond acceptors (Lipinski definition) is 2. The molecule has 3 aromatic rings. The molecule has 5 rings (SSSR count). The lowest BCUT2D eigenvalue weighted by molar-refractivity contribution is 0.301. The Labute approximate surface area is 230 Å². The van der Waals surface area contributed by atoms with Gasteiger partial charge in [-0.1, -0.05) is 55.8 Å². The number of hydrogen-bond donors (Lipinski definition) is 1. The summed E-state index contributed by atoms with van der Waals surface area (Å²) in [5, 5.41) is 0. The van der Waals surface area contributed by atoms with Crippen LogP contribution in [0.4, 0.5) is 18.9 Å². The van der Waals surface area contributed by atoms with Gasteiger partial charge in [-0.05, 0) is 109 Å². The van der Waals surface area contributed by atoms with E-state index in [2.05, 4.69) is 29.2 Å². The lowest BCUT2D eigenvalue weighted by atomic mass is 9.86. The third kappa shape index (κ3) is 6.09. The fraction of sp³-hybridized carbons (Fsp3) is 0.412. The van der Waals surface area contributed by atoms with Gasteiger partial charge in [-0.2, -0.15) is 0 Å². The number of halogens is 3. The van der Waals surface area contributed by atoms with E-state index in [-0.39, 0.29) is 6.67 Å². The summed E-state index contributed by atoms with van der Waals surface area (Å²) in [6, 6.07) is 18.1. The molecule has 1 heterocycles. The van der Waals surface area contributed by atoms with E-state index >= 15 is 8.78 Å². The minimum absolute atomic E-state index is 0.254. The number of benzene rings is 3. The Morgan fingerprint density at radius 1 is 0.949 bits per heavy atom. The number of nitrogens with two attached hydrogens (primary N) is 1. The van der Waals surface area contributed by atoms with Crippen LogP contribution in [0, 0.1) is 17.6 Å². The van der Waals surface area contributed by atoms with Crippen LogP contribution >= 0.6 is 0 Å². The first-order valence-corrected chi connectivity index (χ1v) is 14.4. The van der Waals surface area contributed by atoms with Crippen LogP contribution in [0.15, 0.2) is 54.6 Å². The molecular formula is C34H39F3N2. The third-order valence-corrected chi connectivity index (χ3v) is 8.32. The van der Waals surface area contributed by atoms with Crippen LogP contribution in [0.1, 0.15) is 72.4 Å². The van der Waals surface area contributed by atoms with Crippen molar-refractivity contribution in [2.24, 2.45) is 5.92 Å². The van der Waals surface area contributed by atoms with Gasteiger partial charge in [0.2, 0.25) is 0 Å². The summed E-state index contributed by atoms with van der Waals surface area (Å²) >= 11 is 0. The number of alkyl halides is 1. The van der Waals surface area contributed by atoms with E-state index in [1.807, 2.05) is 25.1 Å². The third-order valence-electron chi connectivity index (χ3n) is 8.32. The van der Waals surface area contributed by atoms with Gasteiger partial charge in [-0.3, -0.25) is 4.39 Å². The van der Waals surface area contributed by atoms with Crippen LogP contribution in [0.2, 0.25) is 0 Å². The van der Waals surface area contributed by atoms with Crippen molar-refractivity contribution in [1.29, 1.82) is 0 Å². The van der Waals surface area contributed by atoms with Gasteiger partial charge >= 0.3 is 0 Å². The molecule has 0 saturated carbocycles. The zero-order chi connectivity index (χ0) is 27.4. The van der Waals surface area contributed by atoms with Gasteiger partial charge in [0.1, 0.15) is 0 Å². The van der Waals surface area contributed by atoms with Crippen LogP contribution in [0.5, 0.6) is 0 Å². The van der Waals surface area contributed by atoms with E-state index in [0.717, 1.165) is 79.6 Å². The number of allylic oxidation sites excluding steroid dienone is 1. The van der Waals surface area contributed by atoms with E-state index in [9.17, 15) is 4.39 Å². The van der Waals surface area contributed by atoms with Crippen molar-refractivity contribution in [3.05, 3.63) is 99.6 Å². The van der Waals surface area contributed by atoms with E-state index in [1.54, 1.807) is 12.1 Å². The SMILES string of the molecule is CCCc1ccc(C2=C(c3ccc(CC4CCN(CCCF)C4)cc3)c3ccc(N)cc3CCC2)c(F)c1F. The standard InChI is InChI=1S/C34H39F3N2/c1-2-5-26-12-14-31(34(37)33(26)36)30-7-3-6-27-21-28(38)13-15-29(27)32(30)25-10-8-23(9-11-25)20-24-16-19-39(22-24)18-4-17-35/h8-15,21,24H,2-7,16-20,22,38H2,1H3. The highest BCUT2D eigenvalue weighted by Gasteiger charge is 2.25. The van der Waals surface area contributed by atoms with Crippen molar-refractivity contribution in [3.63, 3.8) is 0 Å². The predicted molar refractivity (Wildman–Crippen MR) is 155 cm³/mol. The van der Waals surface area contributed by atoms with Crippen LogP contribution in [0.25, 0.3) is 11.1 Å². The summed E-state index contributed by atoms with van der Waals surface area (Å²) in [5.74, 6) is -0.900. The minimum Gasteiger partial charge on any atom is -0.399 e. The average molecular weight is 533 g/mol. The van der Waals surface area contributed by atoms with Crippen molar-refractivity contribution in [1.82, 2.24) is 4.90 Å². The molecule has 1 atom stereocenters. The van der Waals surface area contributed by atoms with Gasteiger partial charge in [0.25, 0.3) is 0 Å². The van der Waals surface area contributed by atoms with Crippen molar-refractivity contribution >= 4 is 16.8 Å². The molecule has 2 aliphatic rings. The topological polar surface area (TPSA) is 29.3 Å². The van der Waals surface area contributed by atoms with E-state index in [1.165, 1.54) is 5.56 Å². The Balaban J connectivity index is 1.51. The maximum absolute atomic E-state index is 15.6. The quantitative estimate of drug-likeness (QED) is 0.283. The smallest absolute Gasteiger partial charge is 0.166 e. The second-order valence-electron chi connectivity index (χ2n) is 11.2. The van der Waals surface area contributed by atoms with Gasteiger partial charge < -0.3 is 10.6 Å². The summed E-state index contributed by atoms with van der Waals surface area (Å²) < 4.78 is 43.2. The van der Waals surface area contributed by atoms with Crippen molar-refractivity contribution in [2.75, 3.05) is 32.0 Å². The average Bonchev–Trinajstić information content (AvgIpc) is 3.30. The summed E-state index contributed by atoms with van der Waals surface area (Å²) in [5.41, 5.74) is 13.9. The monoisotopic (exact) mass is 532 g/mol. The first kappa shape index (κ1) is 27.5. The van der Waals surface area contributed by atoms with Gasteiger partial charge in [-0.25, -0.2) is 8.78 Å². The van der Waals surface area contributed by atoms with Crippen molar-refractivity contribution in [2.45, 2.75) is 58.3 Å². The molecule has 1 aliphatic carbocycles. The molecule has 0 bridgehead atoms. The van der Waals surface area contributed by atoms with Gasteiger partial charge in [-0.15, -0.1) is 0 Å². The second-order valence-corrected chi connectivity index (χ2v) is 11.2. The summed E-state index contributed by atoms with van der Waals surface area (Å²) in [6.07, 6.45) is 6.36. The summed E-state index contributed by atoms with van der Waals surface area (Å²) in [7, 11) is 0. The van der Waals surface area contributed by atoms with E-state index < -0.39 is 11.6 Å². The number of nitrogens with zero attached hydrogens (tertiary/aromatic N) is 1. The Bertz CT molecular complexity index is 1330. The van der Waals surface area contributed by atoms with E-state index in [0.29, 0.717) is 42.0 Å². The number of fused-ring (bicyclic) bond motifs is 1. The normalized spacial score (nSPS) is 17.9. The van der Waals surface area contributed by atoms with Gasteiger partial charge in [0, 0.05) is 24.3 Å². The van der Waals surface area contributed by atoms with Crippen LogP contribution in [0.3, 0.4) is 0 Å². The first-order chi connectivity index (χ1) is 19.0. The highest BCUT2D eigenvalue weighted by atomic mass is 19.2.